The van der Waals surface area contributed by atoms with Gasteiger partial charge in [-0.1, -0.05) is 0 Å². The Bertz CT molecular complexity index is 148. The molecule has 0 bridgehead atoms. The van der Waals surface area contributed by atoms with Crippen molar-refractivity contribution in [2.45, 2.75) is 45.6 Å². The highest BCUT2D eigenvalue weighted by Gasteiger charge is 2.27. The predicted octanol–water partition coefficient (Wildman–Crippen LogP) is 1.87. The van der Waals surface area contributed by atoms with Gasteiger partial charge in [-0.2, -0.15) is 13.2 Å². The summed E-state index contributed by atoms with van der Waals surface area (Å²) in [4.78, 5) is 0. The smallest absolute Gasteiger partial charge is 0.297 e. The molecule has 13 heavy (non-hydrogen) atoms. The fourth-order valence-corrected chi connectivity index (χ4v) is 0.969. The van der Waals surface area contributed by atoms with Crippen LogP contribution in [0, 0.1) is 0 Å². The zero-order valence-electron chi connectivity index (χ0n) is 8.42. The standard InChI is InChI=1S/C8H17F3N2/c1-6(13-7(2,3)4)12-5-8(9,10)11/h6,12-13H,5H2,1-4H3. The van der Waals surface area contributed by atoms with Gasteiger partial charge in [0, 0.05) is 5.54 Å². The molecule has 0 saturated carbocycles. The average Bonchev–Trinajstić information content (AvgIpc) is 1.78. The molecule has 80 valence electrons. The number of alkyl halides is 3. The van der Waals surface area contributed by atoms with Gasteiger partial charge >= 0.3 is 6.18 Å². The van der Waals surface area contributed by atoms with Gasteiger partial charge in [0.1, 0.15) is 0 Å². The molecule has 1 unspecified atom stereocenters. The second-order valence-electron chi connectivity index (χ2n) is 4.11. The summed E-state index contributed by atoms with van der Waals surface area (Å²) in [5.74, 6) is 0. The van der Waals surface area contributed by atoms with Crippen molar-refractivity contribution >= 4 is 0 Å². The van der Waals surface area contributed by atoms with Crippen LogP contribution in [-0.4, -0.2) is 24.4 Å². The summed E-state index contributed by atoms with van der Waals surface area (Å²) in [6.45, 7) is 6.41. The third-order valence-corrected chi connectivity index (χ3v) is 1.26. The fourth-order valence-electron chi connectivity index (χ4n) is 0.969. The molecule has 0 aliphatic heterocycles. The van der Waals surface area contributed by atoms with Gasteiger partial charge in [-0.15, -0.1) is 0 Å². The second-order valence-corrected chi connectivity index (χ2v) is 4.11. The molecule has 0 rings (SSSR count). The van der Waals surface area contributed by atoms with Gasteiger partial charge in [-0.3, -0.25) is 10.6 Å². The van der Waals surface area contributed by atoms with E-state index in [1.165, 1.54) is 0 Å². The minimum absolute atomic E-state index is 0.183. The molecule has 0 amide bonds. The number of hydrogen-bond acceptors (Lipinski definition) is 2. The second kappa shape index (κ2) is 4.28. The lowest BCUT2D eigenvalue weighted by molar-refractivity contribution is -0.126. The van der Waals surface area contributed by atoms with E-state index in [1.807, 2.05) is 20.8 Å². The summed E-state index contributed by atoms with van der Waals surface area (Å²) in [6, 6.07) is 0. The summed E-state index contributed by atoms with van der Waals surface area (Å²) in [5.41, 5.74) is -0.183. The predicted molar refractivity (Wildman–Crippen MR) is 46.4 cm³/mol. The van der Waals surface area contributed by atoms with Crippen LogP contribution in [0.5, 0.6) is 0 Å². The van der Waals surface area contributed by atoms with E-state index in [9.17, 15) is 13.2 Å². The Labute approximate surface area is 76.9 Å². The van der Waals surface area contributed by atoms with Gasteiger partial charge in [0.05, 0.1) is 12.7 Å². The van der Waals surface area contributed by atoms with Crippen LogP contribution in [0.15, 0.2) is 0 Å². The molecule has 0 spiro atoms. The van der Waals surface area contributed by atoms with Gasteiger partial charge in [-0.25, -0.2) is 0 Å². The fraction of sp³-hybridized carbons (Fsp3) is 1.00. The Morgan fingerprint density at radius 2 is 1.62 bits per heavy atom. The van der Waals surface area contributed by atoms with E-state index < -0.39 is 12.7 Å². The molecular weight excluding hydrogens is 181 g/mol. The molecule has 0 aromatic heterocycles. The molecule has 0 heterocycles. The third-order valence-electron chi connectivity index (χ3n) is 1.26. The molecule has 2 nitrogen and oxygen atoms in total. The topological polar surface area (TPSA) is 24.1 Å². The van der Waals surface area contributed by atoms with Crippen molar-refractivity contribution in [3.8, 4) is 0 Å². The Morgan fingerprint density at radius 1 is 1.15 bits per heavy atom. The van der Waals surface area contributed by atoms with Crippen molar-refractivity contribution in [2.75, 3.05) is 6.54 Å². The first kappa shape index (κ1) is 12.7. The number of nitrogens with one attached hydrogen (secondary N) is 2. The van der Waals surface area contributed by atoms with Gasteiger partial charge < -0.3 is 0 Å². The van der Waals surface area contributed by atoms with Gasteiger partial charge in [0.15, 0.2) is 0 Å². The highest BCUT2D eigenvalue weighted by atomic mass is 19.4. The Hall–Kier alpha value is -0.290. The van der Waals surface area contributed by atoms with Crippen molar-refractivity contribution in [1.29, 1.82) is 0 Å². The van der Waals surface area contributed by atoms with Gasteiger partial charge in [0.25, 0.3) is 0 Å². The summed E-state index contributed by atoms with van der Waals surface area (Å²) in [6.07, 6.45) is -4.49. The van der Waals surface area contributed by atoms with E-state index in [1.54, 1.807) is 6.92 Å². The Balaban J connectivity index is 3.70. The van der Waals surface area contributed by atoms with Crippen LogP contribution >= 0.6 is 0 Å². The van der Waals surface area contributed by atoms with Crippen LogP contribution in [0.1, 0.15) is 27.7 Å². The van der Waals surface area contributed by atoms with Crippen LogP contribution in [0.4, 0.5) is 13.2 Å². The van der Waals surface area contributed by atoms with Crippen LogP contribution in [-0.2, 0) is 0 Å². The first-order chi connectivity index (χ1) is 5.60. The first-order valence-corrected chi connectivity index (χ1v) is 4.18. The van der Waals surface area contributed by atoms with Crippen LogP contribution in [0.3, 0.4) is 0 Å². The van der Waals surface area contributed by atoms with Gasteiger partial charge in [-0.05, 0) is 27.7 Å². The number of rotatable bonds is 3. The van der Waals surface area contributed by atoms with Gasteiger partial charge in [0.2, 0.25) is 0 Å². The molecule has 0 aromatic rings. The maximum absolute atomic E-state index is 11.8. The van der Waals surface area contributed by atoms with Crippen LogP contribution < -0.4 is 10.6 Å². The van der Waals surface area contributed by atoms with E-state index in [0.717, 1.165) is 0 Å². The van der Waals surface area contributed by atoms with Crippen LogP contribution in [0.25, 0.3) is 0 Å². The number of hydrogen-bond donors (Lipinski definition) is 2. The summed E-state index contributed by atoms with van der Waals surface area (Å²) < 4.78 is 35.3. The van der Waals surface area contributed by atoms with Crippen LogP contribution in [0.2, 0.25) is 0 Å². The maximum atomic E-state index is 11.8. The lowest BCUT2D eigenvalue weighted by Crippen LogP contribution is -2.51. The van der Waals surface area contributed by atoms with E-state index >= 15 is 0 Å². The van der Waals surface area contributed by atoms with Crippen molar-refractivity contribution in [1.82, 2.24) is 10.6 Å². The molecule has 0 aliphatic carbocycles. The third kappa shape index (κ3) is 9.63. The first-order valence-electron chi connectivity index (χ1n) is 4.18. The van der Waals surface area contributed by atoms with Crippen molar-refractivity contribution in [2.24, 2.45) is 0 Å². The molecule has 0 saturated heterocycles. The normalized spacial score (nSPS) is 15.9. The zero-order valence-corrected chi connectivity index (χ0v) is 8.42. The molecule has 1 atom stereocenters. The largest absolute Gasteiger partial charge is 0.401 e. The number of halogens is 3. The molecular formula is C8H17F3N2. The van der Waals surface area contributed by atoms with Crippen molar-refractivity contribution in [3.05, 3.63) is 0 Å². The molecule has 0 fully saturated rings. The lowest BCUT2D eigenvalue weighted by atomic mass is 10.1. The minimum atomic E-state index is -4.15. The lowest BCUT2D eigenvalue weighted by Gasteiger charge is -2.27. The maximum Gasteiger partial charge on any atom is 0.401 e. The minimum Gasteiger partial charge on any atom is -0.297 e. The summed E-state index contributed by atoms with van der Waals surface area (Å²) in [7, 11) is 0. The summed E-state index contributed by atoms with van der Waals surface area (Å²) in [5, 5.41) is 5.32. The van der Waals surface area contributed by atoms with E-state index in [4.69, 9.17) is 0 Å². The quantitative estimate of drug-likeness (QED) is 0.676. The highest BCUT2D eigenvalue weighted by molar-refractivity contribution is 4.74. The van der Waals surface area contributed by atoms with Crippen molar-refractivity contribution < 1.29 is 13.2 Å². The monoisotopic (exact) mass is 198 g/mol. The van der Waals surface area contributed by atoms with Crippen molar-refractivity contribution in [3.63, 3.8) is 0 Å². The molecule has 0 aromatic carbocycles. The molecule has 5 heteroatoms. The molecule has 2 N–H and O–H groups in total. The van der Waals surface area contributed by atoms with E-state index in [2.05, 4.69) is 10.6 Å². The Morgan fingerprint density at radius 3 is 1.92 bits per heavy atom. The highest BCUT2D eigenvalue weighted by Crippen LogP contribution is 2.12. The Kier molecular flexibility index (Phi) is 4.19. The average molecular weight is 198 g/mol. The zero-order chi connectivity index (χ0) is 10.7. The SMILES string of the molecule is CC(NCC(F)(F)F)NC(C)(C)C. The van der Waals surface area contributed by atoms with E-state index in [0.29, 0.717) is 0 Å². The molecule has 0 aliphatic rings. The molecule has 0 radical (unpaired) electrons. The van der Waals surface area contributed by atoms with E-state index in [-0.39, 0.29) is 11.7 Å². The summed E-state index contributed by atoms with van der Waals surface area (Å²) >= 11 is 0.